The molecule has 8 heteroatoms. The van der Waals surface area contributed by atoms with Crippen LogP contribution in [0, 0.1) is 0 Å². The van der Waals surface area contributed by atoms with Crippen molar-refractivity contribution in [1.82, 2.24) is 0 Å². The van der Waals surface area contributed by atoms with Gasteiger partial charge in [0.2, 0.25) is 14.0 Å². The summed E-state index contributed by atoms with van der Waals surface area (Å²) in [7, 11) is -3.67. The van der Waals surface area contributed by atoms with Crippen molar-refractivity contribution in [3.63, 3.8) is 0 Å². The van der Waals surface area contributed by atoms with Crippen molar-refractivity contribution in [3.05, 3.63) is 24.3 Å². The normalized spacial score (nSPS) is 10.9. The molecule has 0 saturated heterocycles. The minimum atomic E-state index is -3.67. The largest absolute Gasteiger partial charge is 0.324 e. The van der Waals surface area contributed by atoms with Gasteiger partial charge in [-0.1, -0.05) is 29.3 Å². The van der Waals surface area contributed by atoms with Crippen LogP contribution in [0.25, 0.3) is 0 Å². The molecule has 15 heavy (non-hydrogen) atoms. The highest BCUT2D eigenvalue weighted by Gasteiger charge is 2.22. The Morgan fingerprint density at radius 2 is 1.93 bits per heavy atom. The fourth-order valence-corrected chi connectivity index (χ4v) is 2.25. The molecule has 86 valence electrons. The molecule has 1 aromatic rings. The molecule has 0 aliphatic carbocycles. The first kappa shape index (κ1) is 14.8. The summed E-state index contributed by atoms with van der Waals surface area (Å²) in [4.78, 5) is 0.0305. The number of halogens is 3. The van der Waals surface area contributed by atoms with Gasteiger partial charge < -0.3 is 5.43 Å². The highest BCUT2D eigenvalue weighted by Crippen LogP contribution is 2.23. The Bertz CT molecular complexity index is 422. The van der Waals surface area contributed by atoms with E-state index in [1.807, 2.05) is 0 Å². The quantitative estimate of drug-likeness (QED) is 0.507. The predicted octanol–water partition coefficient (Wildman–Crippen LogP) is 1.93. The fraction of sp³-hybridized carbons (Fsp3) is 0.143. The van der Waals surface area contributed by atoms with Crippen LogP contribution in [-0.2, 0) is 9.84 Å². The van der Waals surface area contributed by atoms with E-state index >= 15 is 0 Å². The lowest BCUT2D eigenvalue weighted by molar-refractivity contribution is 0.598. The first-order valence-corrected chi connectivity index (χ1v) is 5.99. The molecular formula is C7H9Cl3N2O2S. The molecule has 0 amide bonds. The minimum absolute atomic E-state index is 0. The van der Waals surface area contributed by atoms with E-state index in [-0.39, 0.29) is 17.3 Å². The van der Waals surface area contributed by atoms with Crippen molar-refractivity contribution in [2.45, 2.75) is 9.06 Å². The van der Waals surface area contributed by atoms with E-state index in [1.54, 1.807) is 6.07 Å². The molecule has 4 nitrogen and oxygen atoms in total. The van der Waals surface area contributed by atoms with Crippen molar-refractivity contribution in [1.29, 1.82) is 0 Å². The number of hydrazine groups is 1. The Kier molecular flexibility index (Phi) is 5.69. The summed E-state index contributed by atoms with van der Waals surface area (Å²) in [6, 6.07) is 5.91. The molecule has 3 N–H and O–H groups in total. The predicted molar refractivity (Wildman–Crippen MR) is 64.2 cm³/mol. The molecule has 0 fully saturated rings. The molecule has 0 aliphatic rings. The number of benzene rings is 1. The van der Waals surface area contributed by atoms with E-state index in [4.69, 9.17) is 29.0 Å². The van der Waals surface area contributed by atoms with Gasteiger partial charge in [-0.25, -0.2) is 8.42 Å². The van der Waals surface area contributed by atoms with E-state index in [1.165, 1.54) is 18.2 Å². The molecule has 0 aliphatic heterocycles. The Labute approximate surface area is 104 Å². The average molecular weight is 292 g/mol. The second kappa shape index (κ2) is 5.77. The van der Waals surface area contributed by atoms with Crippen LogP contribution < -0.4 is 11.3 Å². The summed E-state index contributed by atoms with van der Waals surface area (Å²) in [5.74, 6) is 5.13. The molecule has 0 aromatic heterocycles. The van der Waals surface area contributed by atoms with Gasteiger partial charge in [-0.2, -0.15) is 0 Å². The van der Waals surface area contributed by atoms with Gasteiger partial charge >= 0.3 is 0 Å². The Morgan fingerprint density at radius 3 is 2.40 bits per heavy atom. The summed E-state index contributed by atoms with van der Waals surface area (Å²) < 4.78 is 21.5. The third-order valence-electron chi connectivity index (χ3n) is 1.56. The molecule has 1 rings (SSSR count). The summed E-state index contributed by atoms with van der Waals surface area (Å²) in [5.41, 5.74) is 2.80. The third kappa shape index (κ3) is 3.39. The Morgan fingerprint density at radius 1 is 1.33 bits per heavy atom. The first-order chi connectivity index (χ1) is 6.48. The molecule has 0 heterocycles. The maximum absolute atomic E-state index is 11.5. The van der Waals surface area contributed by atoms with Gasteiger partial charge in [-0.3, -0.25) is 5.84 Å². The molecule has 0 bridgehead atoms. The lowest BCUT2D eigenvalue weighted by atomic mass is 10.3. The van der Waals surface area contributed by atoms with Crippen LogP contribution in [0.4, 0.5) is 5.69 Å². The lowest BCUT2D eigenvalue weighted by Gasteiger charge is -2.06. The molecular weight excluding hydrogens is 283 g/mol. The molecule has 0 unspecified atom stereocenters. The van der Waals surface area contributed by atoms with Crippen molar-refractivity contribution in [2.24, 2.45) is 5.84 Å². The van der Waals surface area contributed by atoms with Crippen molar-refractivity contribution in [3.8, 4) is 0 Å². The van der Waals surface area contributed by atoms with Gasteiger partial charge in [0.05, 0.1) is 4.90 Å². The van der Waals surface area contributed by atoms with E-state index in [0.29, 0.717) is 5.69 Å². The van der Waals surface area contributed by atoms with Gasteiger partial charge in [-0.15, -0.1) is 12.4 Å². The molecule has 0 saturated carbocycles. The van der Waals surface area contributed by atoms with Crippen LogP contribution in [0.3, 0.4) is 0 Å². The van der Waals surface area contributed by atoms with Crippen molar-refractivity contribution >= 4 is 51.1 Å². The van der Waals surface area contributed by atoms with Crippen molar-refractivity contribution < 1.29 is 8.42 Å². The van der Waals surface area contributed by atoms with Crippen LogP contribution in [0.5, 0.6) is 0 Å². The maximum Gasteiger partial charge on any atom is 0.212 e. The fourth-order valence-electron chi connectivity index (χ4n) is 0.866. The molecule has 1 aromatic carbocycles. The van der Waals surface area contributed by atoms with Crippen molar-refractivity contribution in [2.75, 3.05) is 5.43 Å². The zero-order valence-electron chi connectivity index (χ0n) is 7.35. The summed E-state index contributed by atoms with van der Waals surface area (Å²) in [6.07, 6.45) is 0. The van der Waals surface area contributed by atoms with E-state index in [2.05, 4.69) is 5.43 Å². The zero-order chi connectivity index (χ0) is 10.8. The van der Waals surface area contributed by atoms with E-state index < -0.39 is 14.0 Å². The summed E-state index contributed by atoms with van der Waals surface area (Å²) in [6.45, 7) is 0. The number of hydrogen-bond acceptors (Lipinski definition) is 4. The van der Waals surface area contributed by atoms with Gasteiger partial charge in [-0.05, 0) is 18.2 Å². The lowest BCUT2D eigenvalue weighted by Crippen LogP contribution is -2.11. The van der Waals surface area contributed by atoms with Gasteiger partial charge in [0.1, 0.15) is 0 Å². The highest BCUT2D eigenvalue weighted by atomic mass is 35.5. The average Bonchev–Trinajstić information content (AvgIpc) is 2.17. The second-order valence-electron chi connectivity index (χ2n) is 2.48. The molecule has 0 radical (unpaired) electrons. The topological polar surface area (TPSA) is 72.2 Å². The second-order valence-corrected chi connectivity index (χ2v) is 6.12. The monoisotopic (exact) mass is 290 g/mol. The van der Waals surface area contributed by atoms with Gasteiger partial charge in [0.25, 0.3) is 0 Å². The van der Waals surface area contributed by atoms with E-state index in [9.17, 15) is 8.42 Å². The summed E-state index contributed by atoms with van der Waals surface area (Å²) >= 11 is 10.7. The number of nitrogens with two attached hydrogens (primary N) is 1. The molecule has 0 spiro atoms. The number of hydrogen-bond donors (Lipinski definition) is 2. The van der Waals surface area contributed by atoms with Crippen LogP contribution in [-0.4, -0.2) is 12.6 Å². The van der Waals surface area contributed by atoms with Crippen LogP contribution in [0.2, 0.25) is 0 Å². The van der Waals surface area contributed by atoms with Crippen LogP contribution in [0.15, 0.2) is 29.2 Å². The number of sulfone groups is 1. The Balaban J connectivity index is 0.00000196. The van der Waals surface area contributed by atoms with Crippen LogP contribution in [0.1, 0.15) is 0 Å². The minimum Gasteiger partial charge on any atom is -0.324 e. The van der Waals surface area contributed by atoms with Gasteiger partial charge in [0.15, 0.2) is 0 Å². The number of rotatable bonds is 3. The zero-order valence-corrected chi connectivity index (χ0v) is 10.5. The van der Waals surface area contributed by atoms with Gasteiger partial charge in [0, 0.05) is 5.69 Å². The molecule has 0 atom stereocenters. The highest BCUT2D eigenvalue weighted by molar-refractivity contribution is 7.94. The SMILES string of the molecule is Cl.NNc1cccc(S(=O)(=O)C(Cl)Cl)c1. The summed E-state index contributed by atoms with van der Waals surface area (Å²) in [5, 5.41) is 0. The number of nitrogens with one attached hydrogen (secondary N) is 1. The smallest absolute Gasteiger partial charge is 0.212 e. The third-order valence-corrected chi connectivity index (χ3v) is 4.35. The Hall–Kier alpha value is -0.200. The van der Waals surface area contributed by atoms with Crippen LogP contribution >= 0.6 is 35.6 Å². The maximum atomic E-state index is 11.5. The standard InChI is InChI=1S/C7H8Cl2N2O2S.ClH/c8-7(9)14(12,13)6-3-1-2-5(4-6)11-10;/h1-4,7,11H,10H2;1H. The number of nitrogen functional groups attached to an aromatic ring is 1. The van der Waals surface area contributed by atoms with E-state index in [0.717, 1.165) is 0 Å². The number of anilines is 1. The first-order valence-electron chi connectivity index (χ1n) is 3.57. The number of alkyl halides is 2.